The topological polar surface area (TPSA) is 105 Å². The van der Waals surface area contributed by atoms with Crippen molar-refractivity contribution < 1.29 is 12.8 Å². The fraction of sp³-hybridized carbons (Fsp3) is 0.571. The Bertz CT molecular complexity index is 824. The molecule has 0 unspecified atom stereocenters. The SMILES string of the molecule is Cc1nnc(CN2CCN(c3ncccn3)[C@@H]3CS(=O)(=O)C[C@@H]32)o1. The maximum atomic E-state index is 12.2. The molecule has 0 spiro atoms. The van der Waals surface area contributed by atoms with Crippen LogP contribution in [0.15, 0.2) is 22.9 Å². The Kier molecular flexibility index (Phi) is 3.72. The number of hydrogen-bond acceptors (Lipinski definition) is 9. The van der Waals surface area contributed by atoms with Crippen LogP contribution in [-0.2, 0) is 16.4 Å². The summed E-state index contributed by atoms with van der Waals surface area (Å²) >= 11 is 0. The van der Waals surface area contributed by atoms with Crippen LogP contribution < -0.4 is 4.90 Å². The number of hydrogen-bond donors (Lipinski definition) is 0. The van der Waals surface area contributed by atoms with Crippen LogP contribution in [0, 0.1) is 6.92 Å². The summed E-state index contributed by atoms with van der Waals surface area (Å²) in [6.07, 6.45) is 3.35. The van der Waals surface area contributed by atoms with Crippen LogP contribution in [0.4, 0.5) is 5.95 Å². The van der Waals surface area contributed by atoms with Gasteiger partial charge in [-0.1, -0.05) is 0 Å². The smallest absolute Gasteiger partial charge is 0.230 e. The van der Waals surface area contributed by atoms with Crippen molar-refractivity contribution in [2.24, 2.45) is 0 Å². The molecule has 2 aliphatic rings. The predicted molar refractivity (Wildman–Crippen MR) is 85.1 cm³/mol. The lowest BCUT2D eigenvalue weighted by molar-refractivity contribution is 0.145. The summed E-state index contributed by atoms with van der Waals surface area (Å²) in [7, 11) is -3.10. The van der Waals surface area contributed by atoms with Gasteiger partial charge >= 0.3 is 0 Å². The van der Waals surface area contributed by atoms with Crippen LogP contribution in [0.2, 0.25) is 0 Å². The first-order chi connectivity index (χ1) is 11.5. The Labute approximate surface area is 139 Å². The fourth-order valence-electron chi connectivity index (χ4n) is 3.48. The first-order valence-corrected chi connectivity index (χ1v) is 9.61. The van der Waals surface area contributed by atoms with Gasteiger partial charge in [-0.15, -0.1) is 10.2 Å². The molecule has 2 atom stereocenters. The number of sulfone groups is 1. The van der Waals surface area contributed by atoms with Crippen molar-refractivity contribution in [2.45, 2.75) is 25.6 Å². The number of nitrogens with zero attached hydrogens (tertiary/aromatic N) is 6. The van der Waals surface area contributed by atoms with Crippen molar-refractivity contribution in [1.82, 2.24) is 25.1 Å². The van der Waals surface area contributed by atoms with Gasteiger partial charge in [0.1, 0.15) is 0 Å². The van der Waals surface area contributed by atoms with E-state index in [1.54, 1.807) is 25.4 Å². The Hall–Kier alpha value is -2.07. The van der Waals surface area contributed by atoms with Gasteiger partial charge in [0, 0.05) is 38.4 Å². The number of aromatic nitrogens is 4. The Morgan fingerprint density at radius 3 is 2.62 bits per heavy atom. The summed E-state index contributed by atoms with van der Waals surface area (Å²) in [6.45, 7) is 3.55. The van der Waals surface area contributed by atoms with Gasteiger partial charge in [-0.2, -0.15) is 0 Å². The lowest BCUT2D eigenvalue weighted by Gasteiger charge is -2.43. The van der Waals surface area contributed by atoms with Gasteiger partial charge in [-0.3, -0.25) is 4.90 Å². The van der Waals surface area contributed by atoms with E-state index in [9.17, 15) is 8.42 Å². The largest absolute Gasteiger partial charge is 0.424 e. The van der Waals surface area contributed by atoms with Gasteiger partial charge in [0.2, 0.25) is 17.7 Å². The number of anilines is 1. The molecule has 128 valence electrons. The van der Waals surface area contributed by atoms with Crippen molar-refractivity contribution in [3.8, 4) is 0 Å². The molecule has 24 heavy (non-hydrogen) atoms. The van der Waals surface area contributed by atoms with Crippen molar-refractivity contribution >= 4 is 15.8 Å². The van der Waals surface area contributed by atoms with Crippen LogP contribution >= 0.6 is 0 Å². The monoisotopic (exact) mass is 350 g/mol. The molecular weight excluding hydrogens is 332 g/mol. The molecule has 2 aliphatic heterocycles. The van der Waals surface area contributed by atoms with E-state index in [1.807, 2.05) is 4.90 Å². The van der Waals surface area contributed by atoms with E-state index < -0.39 is 9.84 Å². The van der Waals surface area contributed by atoms with E-state index in [-0.39, 0.29) is 23.6 Å². The fourth-order valence-corrected chi connectivity index (χ4v) is 5.50. The molecule has 4 heterocycles. The lowest BCUT2D eigenvalue weighted by atomic mass is 10.1. The zero-order valence-corrected chi connectivity index (χ0v) is 14.1. The lowest BCUT2D eigenvalue weighted by Crippen LogP contribution is -2.59. The van der Waals surface area contributed by atoms with Crippen molar-refractivity contribution in [2.75, 3.05) is 29.5 Å². The van der Waals surface area contributed by atoms with Crippen LogP contribution in [0.3, 0.4) is 0 Å². The van der Waals surface area contributed by atoms with Gasteiger partial charge in [0.05, 0.1) is 24.1 Å². The molecule has 2 aromatic rings. The second kappa shape index (κ2) is 5.78. The highest BCUT2D eigenvalue weighted by molar-refractivity contribution is 7.91. The molecule has 0 radical (unpaired) electrons. The van der Waals surface area contributed by atoms with E-state index in [1.165, 1.54) is 0 Å². The predicted octanol–water partition coefficient (Wildman–Crippen LogP) is -0.344. The van der Waals surface area contributed by atoms with E-state index >= 15 is 0 Å². The molecule has 0 amide bonds. The summed E-state index contributed by atoms with van der Waals surface area (Å²) in [5.74, 6) is 1.86. The van der Waals surface area contributed by atoms with Crippen LogP contribution in [0.25, 0.3) is 0 Å². The zero-order chi connectivity index (χ0) is 16.7. The Balaban J connectivity index is 1.60. The average Bonchev–Trinajstić information content (AvgIpc) is 3.10. The number of piperazine rings is 1. The van der Waals surface area contributed by atoms with E-state index in [4.69, 9.17) is 4.42 Å². The molecule has 0 bridgehead atoms. The number of rotatable bonds is 3. The maximum absolute atomic E-state index is 12.2. The first kappa shape index (κ1) is 15.5. The molecule has 4 rings (SSSR count). The Morgan fingerprint density at radius 1 is 1.17 bits per heavy atom. The molecule has 2 saturated heterocycles. The second-order valence-corrected chi connectivity index (χ2v) is 8.29. The normalized spacial score (nSPS) is 26.5. The zero-order valence-electron chi connectivity index (χ0n) is 13.2. The summed E-state index contributed by atoms with van der Waals surface area (Å²) in [5.41, 5.74) is 0. The molecule has 0 aromatic carbocycles. The van der Waals surface area contributed by atoms with Gasteiger partial charge in [0.15, 0.2) is 9.84 Å². The van der Waals surface area contributed by atoms with Crippen LogP contribution in [0.1, 0.15) is 11.8 Å². The van der Waals surface area contributed by atoms with Crippen molar-refractivity contribution in [1.29, 1.82) is 0 Å². The molecule has 0 saturated carbocycles. The molecule has 2 aromatic heterocycles. The van der Waals surface area contributed by atoms with Crippen molar-refractivity contribution in [3.63, 3.8) is 0 Å². The minimum Gasteiger partial charge on any atom is -0.424 e. The van der Waals surface area contributed by atoms with Gasteiger partial charge < -0.3 is 9.32 Å². The minimum atomic E-state index is -3.10. The van der Waals surface area contributed by atoms with E-state index in [2.05, 4.69) is 25.1 Å². The third-order valence-corrected chi connectivity index (χ3v) is 6.21. The summed E-state index contributed by atoms with van der Waals surface area (Å²) in [4.78, 5) is 12.7. The maximum Gasteiger partial charge on any atom is 0.230 e. The highest BCUT2D eigenvalue weighted by Gasteiger charge is 2.47. The molecule has 10 heteroatoms. The number of aryl methyl sites for hydroxylation is 1. The molecule has 2 fully saturated rings. The molecule has 0 aliphatic carbocycles. The van der Waals surface area contributed by atoms with E-state index in [0.29, 0.717) is 37.4 Å². The standard InChI is InChI=1S/C14H18N6O3S/c1-10-17-18-13(23-10)7-19-5-6-20(14-15-3-2-4-16-14)12-9-24(21,22)8-11(12)19/h2-4,11-12H,5-9H2,1H3/t11-,12+/m0/s1. The third-order valence-electron chi connectivity index (χ3n) is 4.51. The molecule has 9 nitrogen and oxygen atoms in total. The summed E-state index contributed by atoms with van der Waals surface area (Å²) in [6, 6.07) is 1.47. The van der Waals surface area contributed by atoms with Crippen molar-refractivity contribution in [3.05, 3.63) is 30.2 Å². The summed E-state index contributed by atoms with van der Waals surface area (Å²) < 4.78 is 29.9. The first-order valence-electron chi connectivity index (χ1n) is 7.79. The minimum absolute atomic E-state index is 0.120. The second-order valence-electron chi connectivity index (χ2n) is 6.14. The number of fused-ring (bicyclic) bond motifs is 1. The highest BCUT2D eigenvalue weighted by Crippen LogP contribution is 2.29. The molecule has 0 N–H and O–H groups in total. The molecular formula is C14H18N6O3S. The quantitative estimate of drug-likeness (QED) is 0.734. The van der Waals surface area contributed by atoms with Crippen LogP contribution in [-0.4, -0.2) is 70.2 Å². The highest BCUT2D eigenvalue weighted by atomic mass is 32.2. The average molecular weight is 350 g/mol. The van der Waals surface area contributed by atoms with Gasteiger partial charge in [-0.25, -0.2) is 18.4 Å². The summed E-state index contributed by atoms with van der Waals surface area (Å²) in [5, 5.41) is 7.86. The van der Waals surface area contributed by atoms with Gasteiger partial charge in [0.25, 0.3) is 0 Å². The Morgan fingerprint density at radius 2 is 1.92 bits per heavy atom. The van der Waals surface area contributed by atoms with E-state index in [0.717, 1.165) is 0 Å². The van der Waals surface area contributed by atoms with Crippen LogP contribution in [0.5, 0.6) is 0 Å². The van der Waals surface area contributed by atoms with Gasteiger partial charge in [-0.05, 0) is 6.07 Å². The third kappa shape index (κ3) is 2.86.